The number of carbonyl (C=O) groups excluding carboxylic acids is 3. The zero-order valence-electron chi connectivity index (χ0n) is 24.2. The van der Waals surface area contributed by atoms with Gasteiger partial charge < -0.3 is 30.3 Å². The van der Waals surface area contributed by atoms with Crippen molar-refractivity contribution in [1.82, 2.24) is 20.9 Å². The number of ether oxygens (including phenoxy) is 2. The zero-order chi connectivity index (χ0) is 29.0. The van der Waals surface area contributed by atoms with Crippen molar-refractivity contribution in [2.75, 3.05) is 26.2 Å². The molecule has 3 N–H and O–H groups in total. The van der Waals surface area contributed by atoms with E-state index in [1.165, 1.54) is 5.56 Å². The smallest absolute Gasteiger partial charge is 0.407 e. The number of nitrogens with zero attached hydrogens (tertiary/aromatic N) is 1. The van der Waals surface area contributed by atoms with Gasteiger partial charge in [-0.3, -0.25) is 4.79 Å². The van der Waals surface area contributed by atoms with E-state index in [9.17, 15) is 14.4 Å². The lowest BCUT2D eigenvalue weighted by Crippen LogP contribution is -2.50. The van der Waals surface area contributed by atoms with Crippen LogP contribution in [0.25, 0.3) is 0 Å². The van der Waals surface area contributed by atoms with Crippen molar-refractivity contribution in [3.63, 3.8) is 0 Å². The first-order chi connectivity index (χ1) is 19.1. The molecule has 0 saturated carbocycles. The highest BCUT2D eigenvalue weighted by molar-refractivity contribution is 5.82. The molecule has 9 heteroatoms. The van der Waals surface area contributed by atoms with E-state index in [1.54, 1.807) is 20.8 Å². The summed E-state index contributed by atoms with van der Waals surface area (Å²) in [6, 6.07) is 19.1. The average Bonchev–Trinajstić information content (AvgIpc) is 3.07. The number of nitrogens with one attached hydrogen (secondary N) is 3. The monoisotopic (exact) mass is 552 g/mol. The van der Waals surface area contributed by atoms with Crippen LogP contribution in [0.1, 0.15) is 64.0 Å². The van der Waals surface area contributed by atoms with Crippen LogP contribution in [-0.2, 0) is 20.9 Å². The zero-order valence-corrected chi connectivity index (χ0v) is 24.2. The van der Waals surface area contributed by atoms with Crippen LogP contribution < -0.4 is 16.0 Å². The quantitative estimate of drug-likeness (QED) is 0.377. The van der Waals surface area contributed by atoms with E-state index in [0.29, 0.717) is 32.5 Å². The van der Waals surface area contributed by atoms with Crippen LogP contribution in [0.5, 0.6) is 0 Å². The van der Waals surface area contributed by atoms with Crippen molar-refractivity contribution in [2.24, 2.45) is 0 Å². The van der Waals surface area contributed by atoms with Crippen LogP contribution >= 0.6 is 0 Å². The molecule has 1 aliphatic heterocycles. The molecule has 3 atom stereocenters. The molecular formula is C31H44N4O5. The fourth-order valence-electron chi connectivity index (χ4n) is 4.71. The number of alkyl carbamates (subject to hydrolysis) is 2. The van der Waals surface area contributed by atoms with Gasteiger partial charge in [0.1, 0.15) is 12.2 Å². The molecule has 3 rings (SSSR count). The van der Waals surface area contributed by atoms with E-state index >= 15 is 0 Å². The molecule has 0 aromatic heterocycles. The Balaban J connectivity index is 1.62. The standard InChI is InChI=1S/C31H44N4O5/c1-5-24(25-14-10-7-11-15-25)21-35-19-17-26(20-33-29(37)39-22-23-12-8-6-9-13-23)34-27(28(35)36)16-18-32-30(38)40-31(2,3)4/h6-15,24,26-27,34H,5,16-22H2,1-4H3,(H,32,38)(H,33,37)/t24?,26-,27-/m0/s1. The third-order valence-corrected chi connectivity index (χ3v) is 6.81. The fourth-order valence-corrected chi connectivity index (χ4v) is 4.71. The molecule has 0 spiro atoms. The second kappa shape index (κ2) is 15.3. The summed E-state index contributed by atoms with van der Waals surface area (Å²) < 4.78 is 10.7. The van der Waals surface area contributed by atoms with Gasteiger partial charge in [0.05, 0.1) is 6.04 Å². The first-order valence-electron chi connectivity index (χ1n) is 14.2. The van der Waals surface area contributed by atoms with Crippen molar-refractivity contribution in [1.29, 1.82) is 0 Å². The molecule has 9 nitrogen and oxygen atoms in total. The maximum atomic E-state index is 13.7. The molecule has 3 amide bonds. The van der Waals surface area contributed by atoms with E-state index in [4.69, 9.17) is 9.47 Å². The Labute approximate surface area is 238 Å². The van der Waals surface area contributed by atoms with Gasteiger partial charge in [0.2, 0.25) is 5.91 Å². The molecule has 0 bridgehead atoms. The number of carbonyl (C=O) groups is 3. The Morgan fingerprint density at radius 1 is 1.02 bits per heavy atom. The van der Waals surface area contributed by atoms with Crippen molar-refractivity contribution in [3.8, 4) is 0 Å². The second-order valence-corrected chi connectivity index (χ2v) is 11.2. The molecular weight excluding hydrogens is 508 g/mol. The Morgan fingerprint density at radius 2 is 1.70 bits per heavy atom. The minimum atomic E-state index is -0.601. The minimum absolute atomic E-state index is 0.00507. The maximum Gasteiger partial charge on any atom is 0.407 e. The van der Waals surface area contributed by atoms with Crippen LogP contribution in [0.15, 0.2) is 60.7 Å². The van der Waals surface area contributed by atoms with Gasteiger partial charge in [-0.1, -0.05) is 67.6 Å². The number of benzene rings is 2. The van der Waals surface area contributed by atoms with Crippen molar-refractivity contribution in [2.45, 2.75) is 77.2 Å². The molecule has 2 aromatic carbocycles. The second-order valence-electron chi connectivity index (χ2n) is 11.2. The minimum Gasteiger partial charge on any atom is -0.445 e. The van der Waals surface area contributed by atoms with Gasteiger partial charge in [-0.15, -0.1) is 0 Å². The van der Waals surface area contributed by atoms with Crippen LogP contribution in [0.4, 0.5) is 9.59 Å². The Morgan fingerprint density at radius 3 is 2.35 bits per heavy atom. The van der Waals surface area contributed by atoms with Crippen LogP contribution in [0.2, 0.25) is 0 Å². The highest BCUT2D eigenvalue weighted by atomic mass is 16.6. The third-order valence-electron chi connectivity index (χ3n) is 6.81. The molecule has 1 fully saturated rings. The maximum absolute atomic E-state index is 13.7. The molecule has 218 valence electrons. The van der Waals surface area contributed by atoms with Crippen LogP contribution in [0, 0.1) is 0 Å². The number of hydrogen-bond donors (Lipinski definition) is 3. The Bertz CT molecular complexity index is 1070. The highest BCUT2D eigenvalue weighted by Crippen LogP contribution is 2.22. The lowest BCUT2D eigenvalue weighted by atomic mass is 9.95. The molecule has 1 aliphatic rings. The van der Waals surface area contributed by atoms with Crippen molar-refractivity contribution in [3.05, 3.63) is 71.8 Å². The van der Waals surface area contributed by atoms with E-state index in [1.807, 2.05) is 53.4 Å². The summed E-state index contributed by atoms with van der Waals surface area (Å²) in [7, 11) is 0. The van der Waals surface area contributed by atoms with Crippen molar-refractivity contribution >= 4 is 18.1 Å². The topological polar surface area (TPSA) is 109 Å². The summed E-state index contributed by atoms with van der Waals surface area (Å²) in [5.41, 5.74) is 1.51. The molecule has 1 unspecified atom stereocenters. The van der Waals surface area contributed by atoms with E-state index < -0.39 is 23.8 Å². The van der Waals surface area contributed by atoms with Gasteiger partial charge in [0.25, 0.3) is 0 Å². The summed E-state index contributed by atoms with van der Waals surface area (Å²) in [5.74, 6) is 0.211. The normalized spacial score (nSPS) is 18.4. The molecule has 0 aliphatic carbocycles. The van der Waals surface area contributed by atoms with Gasteiger partial charge in [-0.05, 0) is 51.2 Å². The summed E-state index contributed by atoms with van der Waals surface area (Å²) in [6.45, 7) is 9.51. The molecule has 1 saturated heterocycles. The fraction of sp³-hybridized carbons (Fsp3) is 0.516. The van der Waals surface area contributed by atoms with Gasteiger partial charge in [0.15, 0.2) is 0 Å². The highest BCUT2D eigenvalue weighted by Gasteiger charge is 2.32. The SMILES string of the molecule is CCC(CN1CC[C@@H](CNC(=O)OCc2ccccc2)N[C@@H](CCNC(=O)OC(C)(C)C)C1=O)c1ccccc1. The van der Waals surface area contributed by atoms with Crippen LogP contribution in [-0.4, -0.2) is 66.9 Å². The van der Waals surface area contributed by atoms with E-state index in [-0.39, 0.29) is 31.0 Å². The predicted molar refractivity (Wildman–Crippen MR) is 155 cm³/mol. The molecule has 1 heterocycles. The number of amides is 3. The van der Waals surface area contributed by atoms with Gasteiger partial charge in [-0.25, -0.2) is 9.59 Å². The molecule has 2 aromatic rings. The summed E-state index contributed by atoms with van der Waals surface area (Å²) in [4.78, 5) is 40.1. The van der Waals surface area contributed by atoms with Gasteiger partial charge in [0, 0.05) is 38.1 Å². The molecule has 0 radical (unpaired) electrons. The summed E-state index contributed by atoms with van der Waals surface area (Å²) in [5, 5.41) is 9.02. The van der Waals surface area contributed by atoms with E-state index in [0.717, 1.165) is 12.0 Å². The van der Waals surface area contributed by atoms with Gasteiger partial charge >= 0.3 is 12.2 Å². The molecule has 40 heavy (non-hydrogen) atoms. The lowest BCUT2D eigenvalue weighted by Gasteiger charge is -2.28. The Hall–Kier alpha value is -3.59. The number of rotatable bonds is 11. The first-order valence-corrected chi connectivity index (χ1v) is 14.2. The largest absolute Gasteiger partial charge is 0.445 e. The summed E-state index contributed by atoms with van der Waals surface area (Å²) >= 11 is 0. The van der Waals surface area contributed by atoms with Gasteiger partial charge in [-0.2, -0.15) is 0 Å². The lowest BCUT2D eigenvalue weighted by molar-refractivity contribution is -0.133. The number of hydrogen-bond acceptors (Lipinski definition) is 6. The third kappa shape index (κ3) is 10.5. The Kier molecular flexibility index (Phi) is 11.8. The van der Waals surface area contributed by atoms with Crippen molar-refractivity contribution < 1.29 is 23.9 Å². The predicted octanol–water partition coefficient (Wildman–Crippen LogP) is 4.58. The average molecular weight is 553 g/mol. The first kappa shape index (κ1) is 30.9. The van der Waals surface area contributed by atoms with Crippen LogP contribution in [0.3, 0.4) is 0 Å². The summed E-state index contributed by atoms with van der Waals surface area (Å²) in [6.07, 6.45) is 0.957. The van der Waals surface area contributed by atoms with E-state index in [2.05, 4.69) is 35.0 Å².